The monoisotopic (exact) mass is 727 g/mol. The smallest absolute Gasteiger partial charge is 0.338 e. The summed E-state index contributed by atoms with van der Waals surface area (Å²) in [5.41, 5.74) is 1.98. The molecular weight excluding hydrogens is 698 g/mol. The van der Waals surface area contributed by atoms with E-state index in [1.165, 1.54) is 22.8 Å². The number of rotatable bonds is 9. The SMILES string of the molecule is COc1cc(/C=c2/sc3n(c2=O)[C@@H](c2cccc([N+](=O)[O-])c2)C(C(=O)OC(C)C)=C(C)N=3)c(Br)cc1OCc1cccc2ccccc12. The molecule has 5 aromatic rings. The lowest BCUT2D eigenvalue weighted by Gasteiger charge is -2.25. The Morgan fingerprint density at radius 1 is 1.08 bits per heavy atom. The van der Waals surface area contributed by atoms with Crippen molar-refractivity contribution in [3.63, 3.8) is 0 Å². The number of thiazole rings is 1. The van der Waals surface area contributed by atoms with Crippen LogP contribution in [-0.4, -0.2) is 28.7 Å². The average molecular weight is 729 g/mol. The Morgan fingerprint density at radius 2 is 1.83 bits per heavy atom. The number of carbonyl (C=O) groups is 1. The molecule has 10 nitrogen and oxygen atoms in total. The second-order valence-electron chi connectivity index (χ2n) is 11.3. The van der Waals surface area contributed by atoms with Crippen LogP contribution >= 0.6 is 27.3 Å². The lowest BCUT2D eigenvalue weighted by molar-refractivity contribution is -0.384. The lowest BCUT2D eigenvalue weighted by Crippen LogP contribution is -2.40. The van der Waals surface area contributed by atoms with E-state index in [2.05, 4.69) is 39.1 Å². The number of nitrogens with zero attached hydrogens (tertiary/aromatic N) is 3. The number of esters is 1. The number of halogens is 1. The zero-order chi connectivity index (χ0) is 34.1. The van der Waals surface area contributed by atoms with Gasteiger partial charge in [0, 0.05) is 16.6 Å². The highest BCUT2D eigenvalue weighted by molar-refractivity contribution is 9.10. The van der Waals surface area contributed by atoms with Crippen molar-refractivity contribution in [2.24, 2.45) is 4.99 Å². The number of ether oxygens (including phenoxy) is 3. The van der Waals surface area contributed by atoms with E-state index in [-0.39, 0.29) is 11.3 Å². The molecule has 1 atom stereocenters. The number of nitro benzene ring substituents is 1. The van der Waals surface area contributed by atoms with E-state index < -0.39 is 28.6 Å². The maximum atomic E-state index is 14.1. The van der Waals surface area contributed by atoms with Gasteiger partial charge in [0.2, 0.25) is 0 Å². The van der Waals surface area contributed by atoms with E-state index in [9.17, 15) is 19.7 Å². The van der Waals surface area contributed by atoms with Gasteiger partial charge in [-0.2, -0.15) is 0 Å². The van der Waals surface area contributed by atoms with E-state index in [1.807, 2.05) is 24.3 Å². The normalized spacial score (nSPS) is 14.5. The molecule has 1 aliphatic heterocycles. The predicted octanol–water partition coefficient (Wildman–Crippen LogP) is 6.60. The van der Waals surface area contributed by atoms with Crippen molar-refractivity contribution in [3.05, 3.63) is 141 Å². The number of nitro groups is 1. The Bertz CT molecular complexity index is 2300. The Kier molecular flexibility index (Phi) is 9.29. The number of methoxy groups -OCH3 is 1. The third-order valence-corrected chi connectivity index (χ3v) is 9.48. The Labute approximate surface area is 287 Å². The molecule has 0 fully saturated rings. The number of hydrogen-bond donors (Lipinski definition) is 0. The molecule has 0 saturated carbocycles. The molecule has 0 bridgehead atoms. The molecule has 0 aliphatic carbocycles. The average Bonchev–Trinajstić information content (AvgIpc) is 3.37. The van der Waals surface area contributed by atoms with Gasteiger partial charge in [-0.05, 0) is 66.4 Å². The van der Waals surface area contributed by atoms with Crippen LogP contribution in [0.15, 0.2) is 104 Å². The van der Waals surface area contributed by atoms with Gasteiger partial charge in [0.15, 0.2) is 16.3 Å². The summed E-state index contributed by atoms with van der Waals surface area (Å²) in [5.74, 6) is 0.343. The standard InChI is InChI=1S/C36H30BrN3O7S/c1-20(2)47-35(42)32-21(3)38-36-39(33(32)23-11-8-13-26(15-23)40(43)44)34(41)31(48-36)17-25-16-29(45-4)30(18-28(25)37)46-19-24-12-7-10-22-9-5-6-14-27(22)24/h5-18,20,33H,19H2,1-4H3/b31-17+/t33-/m0/s1. The molecule has 0 unspecified atom stereocenters. The number of fused-ring (bicyclic) bond motifs is 2. The third-order valence-electron chi connectivity index (χ3n) is 7.81. The first-order chi connectivity index (χ1) is 23.0. The zero-order valence-corrected chi connectivity index (χ0v) is 28.8. The van der Waals surface area contributed by atoms with E-state index in [1.54, 1.807) is 52.2 Å². The highest BCUT2D eigenvalue weighted by Crippen LogP contribution is 2.36. The summed E-state index contributed by atoms with van der Waals surface area (Å²) in [6, 6.07) is 22.6. The summed E-state index contributed by atoms with van der Waals surface area (Å²) in [6.45, 7) is 5.42. The summed E-state index contributed by atoms with van der Waals surface area (Å²) in [4.78, 5) is 43.6. The molecule has 0 spiro atoms. The van der Waals surface area contributed by atoms with Gasteiger partial charge in [-0.15, -0.1) is 0 Å². The van der Waals surface area contributed by atoms with Crippen LogP contribution in [0.3, 0.4) is 0 Å². The fourth-order valence-corrected chi connectivity index (χ4v) is 7.11. The molecule has 0 saturated heterocycles. The van der Waals surface area contributed by atoms with Crippen molar-refractivity contribution < 1.29 is 23.9 Å². The zero-order valence-electron chi connectivity index (χ0n) is 26.4. The van der Waals surface area contributed by atoms with Crippen molar-refractivity contribution >= 4 is 55.8 Å². The summed E-state index contributed by atoms with van der Waals surface area (Å²) in [7, 11) is 1.55. The van der Waals surface area contributed by atoms with Crippen molar-refractivity contribution in [3.8, 4) is 11.5 Å². The van der Waals surface area contributed by atoms with Crippen LogP contribution in [0.4, 0.5) is 5.69 Å². The molecule has 0 N–H and O–H groups in total. The molecule has 244 valence electrons. The van der Waals surface area contributed by atoms with Crippen LogP contribution in [0.25, 0.3) is 16.8 Å². The van der Waals surface area contributed by atoms with Crippen molar-refractivity contribution in [1.29, 1.82) is 0 Å². The summed E-state index contributed by atoms with van der Waals surface area (Å²) >= 11 is 4.78. The van der Waals surface area contributed by atoms with Gasteiger partial charge in [-0.25, -0.2) is 9.79 Å². The first-order valence-corrected chi connectivity index (χ1v) is 16.6. The van der Waals surface area contributed by atoms with Crippen molar-refractivity contribution in [2.75, 3.05) is 7.11 Å². The van der Waals surface area contributed by atoms with Crippen LogP contribution in [0, 0.1) is 10.1 Å². The molecule has 4 aromatic carbocycles. The maximum Gasteiger partial charge on any atom is 0.338 e. The minimum atomic E-state index is -0.989. The van der Waals surface area contributed by atoms with E-state index in [0.29, 0.717) is 48.7 Å². The molecule has 1 aromatic heterocycles. The molecule has 0 radical (unpaired) electrons. The van der Waals surface area contributed by atoms with Gasteiger partial charge in [0.1, 0.15) is 6.61 Å². The number of benzene rings is 4. The number of non-ortho nitro benzene ring substituents is 1. The van der Waals surface area contributed by atoms with E-state index in [4.69, 9.17) is 14.2 Å². The molecule has 0 amide bonds. The Morgan fingerprint density at radius 3 is 2.58 bits per heavy atom. The van der Waals surface area contributed by atoms with Crippen LogP contribution in [0.1, 0.15) is 43.5 Å². The van der Waals surface area contributed by atoms with Crippen LogP contribution in [0.2, 0.25) is 0 Å². The fourth-order valence-electron chi connectivity index (χ4n) is 5.63. The van der Waals surface area contributed by atoms with Gasteiger partial charge in [0.25, 0.3) is 11.2 Å². The van der Waals surface area contributed by atoms with E-state index in [0.717, 1.165) is 27.7 Å². The number of carbonyl (C=O) groups excluding carboxylic acids is 1. The summed E-state index contributed by atoms with van der Waals surface area (Å²) in [5, 5.41) is 13.9. The summed E-state index contributed by atoms with van der Waals surface area (Å²) < 4.78 is 19.8. The maximum absolute atomic E-state index is 14.1. The third kappa shape index (κ3) is 6.41. The van der Waals surface area contributed by atoms with Crippen LogP contribution in [-0.2, 0) is 16.1 Å². The lowest BCUT2D eigenvalue weighted by atomic mass is 9.95. The number of allylic oxidation sites excluding steroid dienone is 1. The van der Waals surface area contributed by atoms with Crippen LogP contribution in [0.5, 0.6) is 11.5 Å². The molecule has 1 aliphatic rings. The Hall–Kier alpha value is -5.07. The summed E-state index contributed by atoms with van der Waals surface area (Å²) in [6.07, 6.45) is 1.28. The van der Waals surface area contributed by atoms with Gasteiger partial charge in [0.05, 0.1) is 40.0 Å². The van der Waals surface area contributed by atoms with Gasteiger partial charge >= 0.3 is 5.97 Å². The van der Waals surface area contributed by atoms with Gasteiger partial charge in [-0.1, -0.05) is 81.9 Å². The Balaban J connectivity index is 1.41. The highest BCUT2D eigenvalue weighted by Gasteiger charge is 2.34. The molecule has 12 heteroatoms. The fraction of sp³-hybridized carbons (Fsp3) is 0.194. The quantitative estimate of drug-likeness (QED) is 0.0953. The molecular formula is C36H30BrN3O7S. The second-order valence-corrected chi connectivity index (χ2v) is 13.2. The first-order valence-electron chi connectivity index (χ1n) is 15.0. The second kappa shape index (κ2) is 13.6. The molecule has 48 heavy (non-hydrogen) atoms. The van der Waals surface area contributed by atoms with Gasteiger partial charge in [-0.3, -0.25) is 19.5 Å². The van der Waals surface area contributed by atoms with E-state index >= 15 is 0 Å². The van der Waals surface area contributed by atoms with Gasteiger partial charge < -0.3 is 14.2 Å². The minimum Gasteiger partial charge on any atom is -0.493 e. The first kappa shape index (κ1) is 32.9. The van der Waals surface area contributed by atoms with Crippen molar-refractivity contribution in [2.45, 2.75) is 39.5 Å². The predicted molar refractivity (Wildman–Crippen MR) is 187 cm³/mol. The minimum absolute atomic E-state index is 0.138. The largest absolute Gasteiger partial charge is 0.493 e. The molecule has 2 heterocycles. The van der Waals surface area contributed by atoms with Crippen LogP contribution < -0.4 is 24.4 Å². The topological polar surface area (TPSA) is 122 Å². The highest BCUT2D eigenvalue weighted by atomic mass is 79.9. The number of hydrogen-bond acceptors (Lipinski definition) is 9. The number of aromatic nitrogens is 1. The van der Waals surface area contributed by atoms with Crippen molar-refractivity contribution in [1.82, 2.24) is 4.57 Å². The molecule has 6 rings (SSSR count).